The van der Waals surface area contributed by atoms with Crippen molar-refractivity contribution in [3.05, 3.63) is 114 Å². The Morgan fingerprint density at radius 2 is 1.45 bits per heavy atom. The highest BCUT2D eigenvalue weighted by Gasteiger charge is 2.04. The Kier molecular flexibility index (Phi) is 16.4. The minimum Gasteiger partial charge on any atom is -0.460 e. The molecule has 5 rings (SSSR count). The molecule has 0 amide bonds. The predicted molar refractivity (Wildman–Crippen MR) is 189 cm³/mol. The summed E-state index contributed by atoms with van der Waals surface area (Å²) in [6.07, 6.45) is 10.4. The quantitative estimate of drug-likeness (QED) is 0.0890. The smallest absolute Gasteiger partial charge is 0.384 e. The number of terminal acetylenes is 1. The molecule has 11 nitrogen and oxygen atoms in total. The number of esters is 2. The van der Waals surface area contributed by atoms with E-state index in [9.17, 15) is 9.59 Å². The maximum atomic E-state index is 11.4. The van der Waals surface area contributed by atoms with Crippen molar-refractivity contribution in [3.63, 3.8) is 0 Å². The minimum atomic E-state index is -0.597. The fourth-order valence-corrected chi connectivity index (χ4v) is 3.77. The number of rotatable bonds is 6. The number of ether oxygens (including phenoxy) is 2. The molecule has 0 atom stereocenters. The number of hydrogen-bond donors (Lipinski definition) is 1. The van der Waals surface area contributed by atoms with E-state index in [0.29, 0.717) is 5.82 Å². The topological polar surface area (TPSA) is 149 Å². The number of nitrogens with one attached hydrogen (secondary N) is 1. The number of aromatic amines is 1. The van der Waals surface area contributed by atoms with Crippen molar-refractivity contribution >= 4 is 18.1 Å². The summed E-state index contributed by atoms with van der Waals surface area (Å²) in [5, 5.41) is 19.3. The van der Waals surface area contributed by atoms with Crippen LogP contribution < -0.4 is 0 Å². The van der Waals surface area contributed by atoms with Crippen LogP contribution in [0, 0.1) is 44.4 Å². The summed E-state index contributed by atoms with van der Waals surface area (Å²) in [6, 6.07) is 25.7. The number of aryl methyl sites for hydroxylation is 3. The Morgan fingerprint density at radius 3 is 1.94 bits per heavy atom. The first-order chi connectivity index (χ1) is 23.4. The molecule has 0 saturated heterocycles. The number of nitrogens with zero attached hydrogens (tertiary/aromatic N) is 6. The van der Waals surface area contributed by atoms with E-state index in [0.717, 1.165) is 33.6 Å². The Labute approximate surface area is 287 Å². The average molecular weight is 660 g/mol. The summed E-state index contributed by atoms with van der Waals surface area (Å²) in [4.78, 5) is 29.8. The maximum Gasteiger partial charge on any atom is 0.384 e. The lowest BCUT2D eigenvalue weighted by molar-refractivity contribution is -0.141. The van der Waals surface area contributed by atoms with E-state index in [1.807, 2.05) is 74.4 Å². The van der Waals surface area contributed by atoms with Gasteiger partial charge in [-0.2, -0.15) is 10.4 Å². The third kappa shape index (κ3) is 15.7. The first kappa shape index (κ1) is 38.9. The molecule has 0 radical (unpaired) electrons. The van der Waals surface area contributed by atoms with Crippen LogP contribution in [0.4, 0.5) is 0 Å². The van der Waals surface area contributed by atoms with Gasteiger partial charge in [0.1, 0.15) is 12.7 Å². The molecule has 252 valence electrons. The molecule has 0 saturated carbocycles. The van der Waals surface area contributed by atoms with E-state index >= 15 is 0 Å². The van der Waals surface area contributed by atoms with Gasteiger partial charge in [-0.15, -0.1) is 11.5 Å². The highest BCUT2D eigenvalue weighted by Crippen LogP contribution is 2.16. The third-order valence-corrected chi connectivity index (χ3v) is 5.81. The van der Waals surface area contributed by atoms with E-state index in [-0.39, 0.29) is 12.2 Å². The van der Waals surface area contributed by atoms with E-state index in [1.165, 1.54) is 28.8 Å². The van der Waals surface area contributed by atoms with Crippen LogP contribution in [0.3, 0.4) is 0 Å². The Bertz CT molecular complexity index is 1880. The van der Waals surface area contributed by atoms with Crippen molar-refractivity contribution in [2.24, 2.45) is 0 Å². The van der Waals surface area contributed by atoms with Crippen LogP contribution >= 0.6 is 0 Å². The summed E-state index contributed by atoms with van der Waals surface area (Å²) in [7, 11) is 0. The van der Waals surface area contributed by atoms with E-state index in [1.54, 1.807) is 40.1 Å². The van der Waals surface area contributed by atoms with E-state index < -0.39 is 11.9 Å². The lowest BCUT2D eigenvalue weighted by Gasteiger charge is -2.03. The van der Waals surface area contributed by atoms with Gasteiger partial charge in [0, 0.05) is 29.3 Å². The van der Waals surface area contributed by atoms with Crippen molar-refractivity contribution in [2.45, 2.75) is 60.7 Å². The monoisotopic (exact) mass is 659 g/mol. The highest BCUT2D eigenvalue weighted by atomic mass is 16.5. The molecule has 2 heterocycles. The summed E-state index contributed by atoms with van der Waals surface area (Å²) in [6.45, 7) is 13.1. The number of benzene rings is 3. The van der Waals surface area contributed by atoms with Gasteiger partial charge >= 0.3 is 11.9 Å². The molecule has 1 N–H and O–H groups in total. The SMILES string of the molecule is C#CC(=O)OC(C)C.Cc1cccc(-c2ncn(/C=C\C(=O)OC(C)C)n2)c1.Cc1cccc(-c2ncn[nH]2)c1.Cc1cccc(C#N)c1. The van der Waals surface area contributed by atoms with Crippen molar-refractivity contribution in [3.8, 4) is 41.2 Å². The molecule has 2 aromatic heterocycles. The van der Waals surface area contributed by atoms with Gasteiger partial charge in [0.25, 0.3) is 0 Å². The van der Waals surface area contributed by atoms with Crippen molar-refractivity contribution < 1.29 is 19.1 Å². The van der Waals surface area contributed by atoms with Crippen LogP contribution in [-0.2, 0) is 19.1 Å². The number of H-pyrrole nitrogens is 1. The molecule has 0 unspecified atom stereocenters. The fraction of sp³-hybridized carbons (Fsp3) is 0.237. The Balaban J connectivity index is 0.000000245. The van der Waals surface area contributed by atoms with Crippen LogP contribution in [0.25, 0.3) is 29.0 Å². The second kappa shape index (κ2) is 20.7. The summed E-state index contributed by atoms with van der Waals surface area (Å²) in [5.41, 5.74) is 6.26. The van der Waals surface area contributed by atoms with Gasteiger partial charge in [0.05, 0.1) is 23.8 Å². The third-order valence-electron chi connectivity index (χ3n) is 5.81. The molecule has 0 bridgehead atoms. The molecule has 0 fully saturated rings. The van der Waals surface area contributed by atoms with Crippen LogP contribution in [0.1, 0.15) is 49.9 Å². The largest absolute Gasteiger partial charge is 0.460 e. The van der Waals surface area contributed by atoms with Crippen molar-refractivity contribution in [2.75, 3.05) is 0 Å². The van der Waals surface area contributed by atoms with E-state index in [4.69, 9.17) is 16.4 Å². The van der Waals surface area contributed by atoms with Gasteiger partial charge in [-0.05, 0) is 78.3 Å². The number of aromatic nitrogens is 6. The van der Waals surface area contributed by atoms with Gasteiger partial charge in [-0.3, -0.25) is 5.10 Å². The normalized spacial score (nSPS) is 9.94. The second-order valence-corrected chi connectivity index (χ2v) is 11.0. The highest BCUT2D eigenvalue weighted by molar-refractivity contribution is 5.87. The predicted octanol–water partition coefficient (Wildman–Crippen LogP) is 6.89. The number of carbonyl (C=O) groups excluding carboxylic acids is 2. The number of nitriles is 1. The van der Waals surface area contributed by atoms with Crippen molar-refractivity contribution in [1.29, 1.82) is 5.26 Å². The Hall–Kier alpha value is -6.33. The molecular formula is C38H41N7O4. The van der Waals surface area contributed by atoms with Gasteiger partial charge in [0.2, 0.25) is 0 Å². The van der Waals surface area contributed by atoms with Crippen LogP contribution in [0.2, 0.25) is 0 Å². The zero-order chi connectivity index (χ0) is 36.2. The standard InChI is InChI=1S/C15H17N3O2.C9H9N3.C8H7N.C6H8O2/c1-11(2)20-14(19)7-8-18-10-16-15(17-18)13-6-4-5-12(3)9-13;1-7-3-2-4-8(5-7)9-10-6-11-12-9;1-7-3-2-4-8(5-7)6-9;1-4-6(7)8-5(2)3/h4-11H,1-3H3;2-6H,1H3,(H,10,11,12);2-5H,1H3;1,5H,2-3H3/b8-7-;;;. The molecule has 0 aliphatic heterocycles. The van der Waals surface area contributed by atoms with Gasteiger partial charge < -0.3 is 9.47 Å². The molecule has 0 aliphatic rings. The molecule has 49 heavy (non-hydrogen) atoms. The molecule has 5 aromatic rings. The lowest BCUT2D eigenvalue weighted by Crippen LogP contribution is -2.08. The first-order valence-corrected chi connectivity index (χ1v) is 15.3. The Morgan fingerprint density at radius 1 is 0.857 bits per heavy atom. The summed E-state index contributed by atoms with van der Waals surface area (Å²) < 4.78 is 11.0. The number of hydrogen-bond acceptors (Lipinski definition) is 9. The number of carbonyl (C=O) groups is 2. The zero-order valence-electron chi connectivity index (χ0n) is 28.8. The van der Waals surface area contributed by atoms with Crippen molar-refractivity contribution in [1.82, 2.24) is 29.9 Å². The van der Waals surface area contributed by atoms with Crippen LogP contribution in [0.15, 0.2) is 91.5 Å². The molecule has 11 heteroatoms. The average Bonchev–Trinajstić information content (AvgIpc) is 3.78. The lowest BCUT2D eigenvalue weighted by atomic mass is 10.1. The minimum absolute atomic E-state index is 0.112. The zero-order valence-corrected chi connectivity index (χ0v) is 28.8. The van der Waals surface area contributed by atoms with E-state index in [2.05, 4.69) is 55.1 Å². The molecule has 0 spiro atoms. The summed E-state index contributed by atoms with van der Waals surface area (Å²) in [5.74, 6) is 2.28. The van der Waals surface area contributed by atoms with Gasteiger partial charge in [-0.1, -0.05) is 59.7 Å². The molecule has 0 aliphatic carbocycles. The second-order valence-electron chi connectivity index (χ2n) is 11.0. The van der Waals surface area contributed by atoms with Gasteiger partial charge in [-0.25, -0.2) is 24.2 Å². The molecule has 3 aromatic carbocycles. The fourth-order valence-electron chi connectivity index (χ4n) is 3.77. The first-order valence-electron chi connectivity index (χ1n) is 15.3. The van der Waals surface area contributed by atoms with Crippen LogP contribution in [0.5, 0.6) is 0 Å². The van der Waals surface area contributed by atoms with Gasteiger partial charge in [0.15, 0.2) is 11.6 Å². The summed E-state index contributed by atoms with van der Waals surface area (Å²) >= 11 is 0. The maximum absolute atomic E-state index is 11.4. The molecular weight excluding hydrogens is 618 g/mol. The van der Waals surface area contributed by atoms with Crippen LogP contribution in [-0.4, -0.2) is 54.1 Å².